The molecule has 2 N–H and O–H groups in total. The first-order valence-corrected chi connectivity index (χ1v) is 8.44. The molecule has 1 heterocycles. The summed E-state index contributed by atoms with van der Waals surface area (Å²) in [7, 11) is 0. The first-order chi connectivity index (χ1) is 11.8. The Kier molecular flexibility index (Phi) is 7.70. The van der Waals surface area contributed by atoms with E-state index in [2.05, 4.69) is 5.32 Å². The van der Waals surface area contributed by atoms with E-state index in [-0.39, 0.29) is 25.9 Å². The number of carbonyl (C=O) groups excluding carboxylic acids is 2. The fourth-order valence-electron chi connectivity index (χ4n) is 2.46. The zero-order valence-corrected chi connectivity index (χ0v) is 15.4. The summed E-state index contributed by atoms with van der Waals surface area (Å²) < 4.78 is 47.7. The van der Waals surface area contributed by atoms with Gasteiger partial charge in [0.2, 0.25) is 0 Å². The Morgan fingerprint density at radius 2 is 1.81 bits per heavy atom. The average molecular weight is 384 g/mol. The minimum absolute atomic E-state index is 0.0440. The highest BCUT2D eigenvalue weighted by molar-refractivity contribution is 5.81. The van der Waals surface area contributed by atoms with Gasteiger partial charge < -0.3 is 19.9 Å². The van der Waals surface area contributed by atoms with Crippen LogP contribution in [0, 0.1) is 0 Å². The van der Waals surface area contributed by atoms with E-state index < -0.39 is 48.6 Å². The Labute approximate surface area is 150 Å². The van der Waals surface area contributed by atoms with E-state index in [1.165, 1.54) is 11.8 Å². The van der Waals surface area contributed by atoms with E-state index >= 15 is 0 Å². The predicted molar refractivity (Wildman–Crippen MR) is 86.4 cm³/mol. The maximum absolute atomic E-state index is 12.5. The number of halogens is 3. The highest BCUT2D eigenvalue weighted by Crippen LogP contribution is 2.21. The molecule has 0 aliphatic carbocycles. The fourth-order valence-corrected chi connectivity index (χ4v) is 2.46. The van der Waals surface area contributed by atoms with Gasteiger partial charge in [0.05, 0.1) is 12.6 Å². The molecule has 1 aliphatic rings. The molecule has 1 rings (SSSR count). The van der Waals surface area contributed by atoms with Gasteiger partial charge in [0.15, 0.2) is 0 Å². The molecule has 1 aliphatic heterocycles. The van der Waals surface area contributed by atoms with Crippen LogP contribution in [-0.4, -0.2) is 71.7 Å². The number of ether oxygens (including phenoxy) is 2. The van der Waals surface area contributed by atoms with Crippen molar-refractivity contribution in [3.05, 3.63) is 0 Å². The lowest BCUT2D eigenvalue weighted by Crippen LogP contribution is -2.44. The van der Waals surface area contributed by atoms with Gasteiger partial charge in [0, 0.05) is 13.1 Å². The van der Waals surface area contributed by atoms with Crippen molar-refractivity contribution in [1.29, 1.82) is 0 Å². The van der Waals surface area contributed by atoms with E-state index in [4.69, 9.17) is 9.47 Å². The Morgan fingerprint density at radius 3 is 2.35 bits per heavy atom. The molecule has 0 spiro atoms. The van der Waals surface area contributed by atoms with Crippen LogP contribution in [-0.2, 0) is 14.3 Å². The van der Waals surface area contributed by atoms with Crippen LogP contribution in [0.1, 0.15) is 40.5 Å². The van der Waals surface area contributed by atoms with Crippen LogP contribution in [0.2, 0.25) is 0 Å². The number of carbonyl (C=O) groups is 2. The number of aliphatic hydroxyl groups is 1. The Balaban J connectivity index is 2.53. The molecule has 1 amide bonds. The quantitative estimate of drug-likeness (QED) is 0.719. The molecule has 3 atom stereocenters. The molecule has 0 radical (unpaired) electrons. The van der Waals surface area contributed by atoms with Crippen molar-refractivity contribution < 1.29 is 37.3 Å². The normalized spacial score (nSPS) is 23.7. The van der Waals surface area contributed by atoms with Crippen LogP contribution < -0.4 is 5.32 Å². The van der Waals surface area contributed by atoms with Gasteiger partial charge in [-0.2, -0.15) is 13.2 Å². The second-order valence-corrected chi connectivity index (χ2v) is 7.38. The van der Waals surface area contributed by atoms with Gasteiger partial charge in [-0.05, 0) is 40.5 Å². The van der Waals surface area contributed by atoms with Crippen LogP contribution in [0.15, 0.2) is 0 Å². The van der Waals surface area contributed by atoms with Gasteiger partial charge in [0.25, 0.3) is 0 Å². The molecule has 7 nitrogen and oxygen atoms in total. The lowest BCUT2D eigenvalue weighted by molar-refractivity contribution is -0.157. The number of likely N-dealkylation sites (tertiary alicyclic amines) is 1. The topological polar surface area (TPSA) is 88.1 Å². The zero-order valence-electron chi connectivity index (χ0n) is 15.4. The molecule has 152 valence electrons. The van der Waals surface area contributed by atoms with Crippen LogP contribution in [0.25, 0.3) is 0 Å². The summed E-state index contributed by atoms with van der Waals surface area (Å²) in [5.74, 6) is -0.788. The SMILES string of the molecule is C[C@H](NC(=O)OC(C)(C)C)C(=O)OC1CCN(CC(F)(F)F)CCC1O. The fraction of sp³-hybridized carbons (Fsp3) is 0.875. The summed E-state index contributed by atoms with van der Waals surface area (Å²) >= 11 is 0. The second-order valence-electron chi connectivity index (χ2n) is 7.38. The van der Waals surface area contributed by atoms with Crippen LogP contribution in [0.4, 0.5) is 18.0 Å². The van der Waals surface area contributed by atoms with Gasteiger partial charge in [-0.25, -0.2) is 9.59 Å². The molecule has 26 heavy (non-hydrogen) atoms. The molecule has 1 fully saturated rings. The Hall–Kier alpha value is -1.55. The summed E-state index contributed by atoms with van der Waals surface area (Å²) in [6.45, 7) is 5.43. The third-order valence-corrected chi connectivity index (χ3v) is 3.66. The van der Waals surface area contributed by atoms with Gasteiger partial charge in [-0.15, -0.1) is 0 Å². The Bertz CT molecular complexity index is 493. The van der Waals surface area contributed by atoms with E-state index in [1.54, 1.807) is 20.8 Å². The van der Waals surface area contributed by atoms with Crippen molar-refractivity contribution in [3.8, 4) is 0 Å². The third kappa shape index (κ3) is 8.70. The smallest absolute Gasteiger partial charge is 0.408 e. The molecule has 0 bridgehead atoms. The summed E-state index contributed by atoms with van der Waals surface area (Å²) in [6, 6.07) is -1.02. The Morgan fingerprint density at radius 1 is 1.23 bits per heavy atom. The number of nitrogens with one attached hydrogen (secondary N) is 1. The lowest BCUT2D eigenvalue weighted by Gasteiger charge is -2.24. The average Bonchev–Trinajstić information content (AvgIpc) is 2.59. The molecule has 2 unspecified atom stereocenters. The summed E-state index contributed by atoms with van der Waals surface area (Å²) in [5, 5.41) is 12.4. The molecule has 1 saturated heterocycles. The second kappa shape index (κ2) is 8.90. The monoisotopic (exact) mass is 384 g/mol. The van der Waals surface area contributed by atoms with Gasteiger partial charge in [-0.1, -0.05) is 0 Å². The zero-order chi connectivity index (χ0) is 20.1. The van der Waals surface area contributed by atoms with Crippen molar-refractivity contribution in [2.24, 2.45) is 0 Å². The summed E-state index contributed by atoms with van der Waals surface area (Å²) in [6.07, 6.45) is -6.98. The predicted octanol–water partition coefficient (Wildman–Crippen LogP) is 1.83. The van der Waals surface area contributed by atoms with Crippen molar-refractivity contribution in [2.45, 2.75) is 70.6 Å². The van der Waals surface area contributed by atoms with Crippen LogP contribution in [0.5, 0.6) is 0 Å². The molecular formula is C16H27F3N2O5. The first kappa shape index (κ1) is 22.5. The first-order valence-electron chi connectivity index (χ1n) is 8.44. The van der Waals surface area contributed by atoms with Gasteiger partial charge in [-0.3, -0.25) is 4.90 Å². The number of hydrogen-bond acceptors (Lipinski definition) is 6. The molecule has 10 heteroatoms. The molecule has 0 aromatic heterocycles. The van der Waals surface area contributed by atoms with Crippen molar-refractivity contribution in [3.63, 3.8) is 0 Å². The molecule has 0 saturated carbocycles. The third-order valence-electron chi connectivity index (χ3n) is 3.66. The number of hydrogen-bond donors (Lipinski definition) is 2. The number of esters is 1. The van der Waals surface area contributed by atoms with Gasteiger partial charge >= 0.3 is 18.2 Å². The highest BCUT2D eigenvalue weighted by Gasteiger charge is 2.35. The maximum Gasteiger partial charge on any atom is 0.408 e. The number of rotatable bonds is 4. The maximum atomic E-state index is 12.5. The number of alkyl carbamates (subject to hydrolysis) is 1. The number of aliphatic hydroxyl groups excluding tert-OH is 1. The van der Waals surface area contributed by atoms with Crippen molar-refractivity contribution >= 4 is 12.1 Å². The largest absolute Gasteiger partial charge is 0.458 e. The van der Waals surface area contributed by atoms with E-state index in [1.807, 2.05) is 0 Å². The highest BCUT2D eigenvalue weighted by atomic mass is 19.4. The van der Waals surface area contributed by atoms with E-state index in [0.29, 0.717) is 0 Å². The van der Waals surface area contributed by atoms with Crippen LogP contribution in [0.3, 0.4) is 0 Å². The number of amides is 1. The molecule has 0 aromatic rings. The lowest BCUT2D eigenvalue weighted by atomic mass is 10.1. The molecular weight excluding hydrogens is 357 g/mol. The number of alkyl halides is 3. The van der Waals surface area contributed by atoms with Crippen molar-refractivity contribution in [2.75, 3.05) is 19.6 Å². The van der Waals surface area contributed by atoms with E-state index in [9.17, 15) is 27.9 Å². The summed E-state index contributed by atoms with van der Waals surface area (Å²) in [4.78, 5) is 24.9. The minimum atomic E-state index is -4.33. The number of nitrogens with zero attached hydrogens (tertiary/aromatic N) is 1. The minimum Gasteiger partial charge on any atom is -0.458 e. The standard InChI is InChI=1S/C16H27F3N2O5/c1-10(20-14(24)26-15(2,3)4)13(23)25-12-6-8-21(7-5-11(12)22)9-16(17,18)19/h10-12,22H,5-9H2,1-4H3,(H,20,24)/t10-,11?,12?/m0/s1. The molecule has 0 aromatic carbocycles. The van der Waals surface area contributed by atoms with Crippen molar-refractivity contribution in [1.82, 2.24) is 10.2 Å². The van der Waals surface area contributed by atoms with Gasteiger partial charge in [0.1, 0.15) is 17.7 Å². The summed E-state index contributed by atoms with van der Waals surface area (Å²) in [5.41, 5.74) is -0.729. The van der Waals surface area contributed by atoms with E-state index in [0.717, 1.165) is 0 Å². The van der Waals surface area contributed by atoms with Crippen LogP contribution >= 0.6 is 0 Å².